The largest absolute Gasteiger partial charge is 0.497 e. The molecule has 0 aliphatic carbocycles. The maximum Gasteiger partial charge on any atom is 0.237 e. The molecule has 2 atom stereocenters. The third-order valence-electron chi connectivity index (χ3n) is 4.77. The average Bonchev–Trinajstić information content (AvgIpc) is 2.62. The number of nitro groups is 1. The first kappa shape index (κ1) is 16.3. The molecular formula is C19H22N2O3. The zero-order chi connectivity index (χ0) is 17.1. The van der Waals surface area contributed by atoms with Gasteiger partial charge in [0, 0.05) is 29.6 Å². The van der Waals surface area contributed by atoms with Crippen molar-refractivity contribution in [3.05, 3.63) is 69.8 Å². The second-order valence-corrected chi connectivity index (χ2v) is 6.05. The zero-order valence-electron chi connectivity index (χ0n) is 14.0. The van der Waals surface area contributed by atoms with Gasteiger partial charge in [-0.15, -0.1) is 0 Å². The molecule has 0 spiro atoms. The van der Waals surface area contributed by atoms with Gasteiger partial charge in [-0.3, -0.25) is 10.1 Å². The molecule has 1 aliphatic rings. The maximum absolute atomic E-state index is 11.7. The molecule has 2 unspecified atom stereocenters. The summed E-state index contributed by atoms with van der Waals surface area (Å²) in [5.74, 6) is 0.763. The van der Waals surface area contributed by atoms with Crippen molar-refractivity contribution in [1.82, 2.24) is 0 Å². The predicted octanol–water partition coefficient (Wildman–Crippen LogP) is 3.85. The first-order valence-corrected chi connectivity index (χ1v) is 8.27. The van der Waals surface area contributed by atoms with Crippen LogP contribution in [0.15, 0.2) is 48.5 Å². The van der Waals surface area contributed by atoms with Crippen LogP contribution in [-0.2, 0) is 6.42 Å². The van der Waals surface area contributed by atoms with E-state index < -0.39 is 6.04 Å². The summed E-state index contributed by atoms with van der Waals surface area (Å²) in [6.07, 6.45) is 1.38. The van der Waals surface area contributed by atoms with E-state index in [-0.39, 0.29) is 11.0 Å². The third-order valence-corrected chi connectivity index (χ3v) is 4.77. The van der Waals surface area contributed by atoms with Gasteiger partial charge >= 0.3 is 0 Å². The number of hydrogen-bond acceptors (Lipinski definition) is 4. The third kappa shape index (κ3) is 2.94. The Morgan fingerprint density at radius 2 is 2.08 bits per heavy atom. The molecule has 1 heterocycles. The van der Waals surface area contributed by atoms with Crippen molar-refractivity contribution in [2.75, 3.05) is 18.6 Å². The SMILES string of the molecule is CCC(C1c2ccccc2CCN1c1cccc(OC)c1)[N+](=O)[O-]. The van der Waals surface area contributed by atoms with Crippen LogP contribution in [0.4, 0.5) is 5.69 Å². The van der Waals surface area contributed by atoms with E-state index in [0.29, 0.717) is 6.42 Å². The minimum Gasteiger partial charge on any atom is -0.497 e. The number of ether oxygens (including phenoxy) is 1. The standard InChI is InChI=1S/C19H22N2O3/c1-3-18(21(22)23)19-17-10-5-4-7-14(17)11-12-20(19)15-8-6-9-16(13-15)24-2/h4-10,13,18-19H,3,11-12H2,1-2H3. The van der Waals surface area contributed by atoms with Gasteiger partial charge in [-0.05, 0) is 29.7 Å². The van der Waals surface area contributed by atoms with Crippen LogP contribution in [-0.4, -0.2) is 24.6 Å². The number of anilines is 1. The molecule has 5 heteroatoms. The molecule has 0 saturated carbocycles. The summed E-state index contributed by atoms with van der Waals surface area (Å²) in [5, 5.41) is 11.7. The lowest BCUT2D eigenvalue weighted by Crippen LogP contribution is -2.44. The Bertz CT molecular complexity index is 732. The maximum atomic E-state index is 11.7. The van der Waals surface area contributed by atoms with E-state index in [1.54, 1.807) is 7.11 Å². The molecule has 2 aromatic rings. The van der Waals surface area contributed by atoms with Crippen LogP contribution in [0, 0.1) is 10.1 Å². The van der Waals surface area contributed by atoms with Crippen LogP contribution in [0.2, 0.25) is 0 Å². The topological polar surface area (TPSA) is 55.6 Å². The normalized spacial score (nSPS) is 17.9. The van der Waals surface area contributed by atoms with E-state index >= 15 is 0 Å². The fourth-order valence-electron chi connectivity index (χ4n) is 3.58. The summed E-state index contributed by atoms with van der Waals surface area (Å²) < 4.78 is 5.32. The van der Waals surface area contributed by atoms with Gasteiger partial charge in [0.1, 0.15) is 11.8 Å². The van der Waals surface area contributed by atoms with Crippen LogP contribution in [0.3, 0.4) is 0 Å². The lowest BCUT2D eigenvalue weighted by atomic mass is 9.87. The molecular weight excluding hydrogens is 304 g/mol. The second kappa shape index (κ2) is 6.91. The molecule has 5 nitrogen and oxygen atoms in total. The van der Waals surface area contributed by atoms with Crippen LogP contribution < -0.4 is 9.64 Å². The minimum atomic E-state index is -0.641. The Morgan fingerprint density at radius 1 is 1.29 bits per heavy atom. The van der Waals surface area contributed by atoms with Crippen LogP contribution in [0.5, 0.6) is 5.75 Å². The molecule has 0 bridgehead atoms. The Labute approximate surface area is 142 Å². The highest BCUT2D eigenvalue weighted by Gasteiger charge is 2.39. The number of methoxy groups -OCH3 is 1. The van der Waals surface area contributed by atoms with Gasteiger partial charge in [0.05, 0.1) is 7.11 Å². The first-order chi connectivity index (χ1) is 11.7. The summed E-state index contributed by atoms with van der Waals surface area (Å²) >= 11 is 0. The highest BCUT2D eigenvalue weighted by atomic mass is 16.6. The monoisotopic (exact) mass is 326 g/mol. The van der Waals surface area contributed by atoms with Gasteiger partial charge in [-0.1, -0.05) is 37.3 Å². The fraction of sp³-hybridized carbons (Fsp3) is 0.368. The molecule has 2 aromatic carbocycles. The molecule has 126 valence electrons. The molecule has 0 radical (unpaired) electrons. The van der Waals surface area contributed by atoms with Gasteiger partial charge in [-0.2, -0.15) is 0 Å². The van der Waals surface area contributed by atoms with E-state index in [1.807, 2.05) is 49.4 Å². The van der Waals surface area contributed by atoms with Crippen molar-refractivity contribution >= 4 is 5.69 Å². The molecule has 3 rings (SSSR count). The second-order valence-electron chi connectivity index (χ2n) is 6.05. The van der Waals surface area contributed by atoms with E-state index in [4.69, 9.17) is 4.74 Å². The van der Waals surface area contributed by atoms with Gasteiger partial charge in [0.2, 0.25) is 6.04 Å². The first-order valence-electron chi connectivity index (χ1n) is 8.27. The summed E-state index contributed by atoms with van der Waals surface area (Å²) in [4.78, 5) is 13.7. The Kier molecular flexibility index (Phi) is 4.69. The van der Waals surface area contributed by atoms with Crippen molar-refractivity contribution < 1.29 is 9.66 Å². The molecule has 0 N–H and O–H groups in total. The minimum absolute atomic E-state index is 0.139. The summed E-state index contributed by atoms with van der Waals surface area (Å²) in [6, 6.07) is 14.9. The van der Waals surface area contributed by atoms with Gasteiger partial charge in [0.25, 0.3) is 0 Å². The molecule has 1 aliphatic heterocycles. The molecule has 0 aromatic heterocycles. The number of benzene rings is 2. The Hall–Kier alpha value is -2.56. The fourth-order valence-corrected chi connectivity index (χ4v) is 3.58. The molecule has 0 saturated heterocycles. The average molecular weight is 326 g/mol. The van der Waals surface area contributed by atoms with Crippen molar-refractivity contribution in [3.63, 3.8) is 0 Å². The van der Waals surface area contributed by atoms with E-state index in [0.717, 1.165) is 30.0 Å². The summed E-state index contributed by atoms with van der Waals surface area (Å²) in [6.45, 7) is 2.65. The van der Waals surface area contributed by atoms with E-state index in [9.17, 15) is 10.1 Å². The predicted molar refractivity (Wildman–Crippen MR) is 94.3 cm³/mol. The van der Waals surface area contributed by atoms with Gasteiger partial charge < -0.3 is 9.64 Å². The van der Waals surface area contributed by atoms with Gasteiger partial charge in [0.15, 0.2) is 0 Å². The Balaban J connectivity index is 2.09. The van der Waals surface area contributed by atoms with Crippen LogP contribution in [0.25, 0.3) is 0 Å². The molecule has 0 fully saturated rings. The summed E-state index contributed by atoms with van der Waals surface area (Å²) in [5.41, 5.74) is 3.24. The van der Waals surface area contributed by atoms with Crippen molar-refractivity contribution in [1.29, 1.82) is 0 Å². The Morgan fingerprint density at radius 3 is 2.79 bits per heavy atom. The lowest BCUT2D eigenvalue weighted by Gasteiger charge is -2.39. The number of rotatable bonds is 5. The zero-order valence-corrected chi connectivity index (χ0v) is 14.0. The molecule has 24 heavy (non-hydrogen) atoms. The van der Waals surface area contributed by atoms with Crippen molar-refractivity contribution in [2.45, 2.75) is 31.8 Å². The van der Waals surface area contributed by atoms with E-state index in [2.05, 4.69) is 11.0 Å². The van der Waals surface area contributed by atoms with Gasteiger partial charge in [-0.25, -0.2) is 0 Å². The van der Waals surface area contributed by atoms with Crippen LogP contribution >= 0.6 is 0 Å². The van der Waals surface area contributed by atoms with Crippen molar-refractivity contribution in [3.8, 4) is 5.75 Å². The van der Waals surface area contributed by atoms with Crippen LogP contribution in [0.1, 0.15) is 30.5 Å². The highest BCUT2D eigenvalue weighted by Crippen LogP contribution is 2.38. The van der Waals surface area contributed by atoms with Crippen molar-refractivity contribution in [2.24, 2.45) is 0 Å². The quantitative estimate of drug-likeness (QED) is 0.618. The highest BCUT2D eigenvalue weighted by molar-refractivity contribution is 5.55. The summed E-state index contributed by atoms with van der Waals surface area (Å²) in [7, 11) is 1.63. The number of nitrogens with zero attached hydrogens (tertiary/aromatic N) is 2. The smallest absolute Gasteiger partial charge is 0.237 e. The van der Waals surface area contributed by atoms with E-state index in [1.165, 1.54) is 5.56 Å². The number of fused-ring (bicyclic) bond motifs is 1. The number of hydrogen-bond donors (Lipinski definition) is 0. The lowest BCUT2D eigenvalue weighted by molar-refractivity contribution is -0.527. The molecule has 0 amide bonds.